The first kappa shape index (κ1) is 13.3. The lowest BCUT2D eigenvalue weighted by atomic mass is 10.1. The highest BCUT2D eigenvalue weighted by atomic mass is 19.4. The molecule has 0 aliphatic carbocycles. The molecule has 108 valence electrons. The molecule has 21 heavy (non-hydrogen) atoms. The Morgan fingerprint density at radius 1 is 1.14 bits per heavy atom. The fourth-order valence-corrected chi connectivity index (χ4v) is 2.04. The van der Waals surface area contributed by atoms with Crippen molar-refractivity contribution in [3.63, 3.8) is 0 Å². The summed E-state index contributed by atoms with van der Waals surface area (Å²) in [5, 5.41) is 0.334. The second-order valence-electron chi connectivity index (χ2n) is 4.42. The minimum absolute atomic E-state index is 0.000903. The number of nitrogens with two attached hydrogens (primary N) is 1. The molecule has 0 saturated carbocycles. The predicted octanol–water partition coefficient (Wildman–Crippen LogP) is 3.37. The van der Waals surface area contributed by atoms with Gasteiger partial charge in [-0.05, 0) is 18.2 Å². The maximum Gasteiger partial charge on any atom is 0.416 e. The number of nitrogens with one attached hydrogen (secondary N) is 1. The van der Waals surface area contributed by atoms with Gasteiger partial charge in [-0.1, -0.05) is 0 Å². The first-order chi connectivity index (χ1) is 9.84. The minimum Gasteiger partial charge on any atom is -0.384 e. The van der Waals surface area contributed by atoms with Gasteiger partial charge in [-0.25, -0.2) is 14.4 Å². The Bertz CT molecular complexity index is 823. The fourth-order valence-electron chi connectivity index (χ4n) is 2.04. The molecule has 3 N–H and O–H groups in total. The Morgan fingerprint density at radius 2 is 1.90 bits per heavy atom. The summed E-state index contributed by atoms with van der Waals surface area (Å²) in [6.45, 7) is 0. The van der Waals surface area contributed by atoms with Crippen molar-refractivity contribution >= 4 is 16.9 Å². The van der Waals surface area contributed by atoms with Gasteiger partial charge in [0.15, 0.2) is 0 Å². The zero-order valence-electron chi connectivity index (χ0n) is 10.4. The number of hydrogen-bond donors (Lipinski definition) is 2. The van der Waals surface area contributed by atoms with Gasteiger partial charge < -0.3 is 10.7 Å². The van der Waals surface area contributed by atoms with Crippen LogP contribution >= 0.6 is 0 Å². The molecule has 0 spiro atoms. The van der Waals surface area contributed by atoms with E-state index in [-0.39, 0.29) is 11.5 Å². The Morgan fingerprint density at radius 3 is 2.62 bits per heavy atom. The molecule has 0 unspecified atom stereocenters. The number of hydrogen-bond acceptors (Lipinski definition) is 3. The van der Waals surface area contributed by atoms with Crippen molar-refractivity contribution in [2.75, 3.05) is 5.73 Å². The molecule has 0 bridgehead atoms. The zero-order valence-corrected chi connectivity index (χ0v) is 10.4. The molecular formula is C13H8F4N4. The van der Waals surface area contributed by atoms with E-state index in [0.29, 0.717) is 16.6 Å². The molecule has 4 nitrogen and oxygen atoms in total. The Kier molecular flexibility index (Phi) is 2.82. The largest absolute Gasteiger partial charge is 0.416 e. The lowest BCUT2D eigenvalue weighted by molar-refractivity contribution is -0.137. The number of halogens is 4. The number of aromatic amines is 1. The fraction of sp³-hybridized carbons (Fsp3) is 0.0769. The number of H-pyrrole nitrogens is 1. The smallest absolute Gasteiger partial charge is 0.384 e. The van der Waals surface area contributed by atoms with E-state index in [0.717, 1.165) is 18.3 Å². The molecule has 0 atom stereocenters. The molecule has 3 heterocycles. The zero-order chi connectivity index (χ0) is 15.2. The first-order valence-corrected chi connectivity index (χ1v) is 5.82. The van der Waals surface area contributed by atoms with Crippen LogP contribution in [0.1, 0.15) is 5.56 Å². The van der Waals surface area contributed by atoms with Crippen LogP contribution in [0.2, 0.25) is 0 Å². The van der Waals surface area contributed by atoms with E-state index >= 15 is 0 Å². The quantitative estimate of drug-likeness (QED) is 0.677. The van der Waals surface area contributed by atoms with Crippen LogP contribution in [0.3, 0.4) is 0 Å². The molecule has 3 aromatic rings. The molecule has 0 fully saturated rings. The molecular weight excluding hydrogens is 288 g/mol. The number of anilines is 1. The third-order valence-corrected chi connectivity index (χ3v) is 2.95. The van der Waals surface area contributed by atoms with Gasteiger partial charge in [0.25, 0.3) is 0 Å². The standard InChI is InChI=1S/C13H8F4N4/c14-7-3-8-9(5-20-12(8)19-4-7)10-1-6(13(15,16)17)2-11(18)21-10/h1-5H,(H2,18,21)(H,19,20). The van der Waals surface area contributed by atoms with Crippen LogP contribution in [-0.2, 0) is 6.18 Å². The molecule has 0 aliphatic rings. The molecule has 3 aromatic heterocycles. The predicted molar refractivity (Wildman–Crippen MR) is 68.7 cm³/mol. The van der Waals surface area contributed by atoms with Crippen LogP contribution in [0, 0.1) is 5.82 Å². The number of rotatable bonds is 1. The number of nitrogens with zero attached hydrogens (tertiary/aromatic N) is 2. The third-order valence-electron chi connectivity index (χ3n) is 2.95. The summed E-state index contributed by atoms with van der Waals surface area (Å²) in [7, 11) is 0. The molecule has 0 amide bonds. The molecule has 0 radical (unpaired) electrons. The van der Waals surface area contributed by atoms with E-state index in [1.165, 1.54) is 12.3 Å². The Labute approximate surface area is 115 Å². The molecule has 8 heteroatoms. The summed E-state index contributed by atoms with van der Waals surface area (Å²) in [5.74, 6) is -0.859. The topological polar surface area (TPSA) is 67.6 Å². The normalized spacial score (nSPS) is 12.0. The lowest BCUT2D eigenvalue weighted by Crippen LogP contribution is -2.07. The van der Waals surface area contributed by atoms with Crippen molar-refractivity contribution in [3.8, 4) is 11.3 Å². The Hall–Kier alpha value is -2.64. The maximum atomic E-state index is 13.3. The number of alkyl halides is 3. The van der Waals surface area contributed by atoms with Gasteiger partial charge in [-0.2, -0.15) is 13.2 Å². The highest BCUT2D eigenvalue weighted by molar-refractivity contribution is 5.92. The van der Waals surface area contributed by atoms with Crippen molar-refractivity contribution in [3.05, 3.63) is 42.0 Å². The van der Waals surface area contributed by atoms with Crippen LogP contribution < -0.4 is 5.73 Å². The monoisotopic (exact) mass is 296 g/mol. The van der Waals surface area contributed by atoms with Gasteiger partial charge >= 0.3 is 6.18 Å². The molecule has 3 rings (SSSR count). The van der Waals surface area contributed by atoms with E-state index in [9.17, 15) is 17.6 Å². The molecule has 0 aromatic carbocycles. The van der Waals surface area contributed by atoms with Crippen LogP contribution in [0.4, 0.5) is 23.4 Å². The van der Waals surface area contributed by atoms with Crippen LogP contribution in [-0.4, -0.2) is 15.0 Å². The average Bonchev–Trinajstić information content (AvgIpc) is 2.79. The second kappa shape index (κ2) is 4.44. The second-order valence-corrected chi connectivity index (χ2v) is 4.42. The first-order valence-electron chi connectivity index (χ1n) is 5.82. The van der Waals surface area contributed by atoms with Gasteiger partial charge in [-0.15, -0.1) is 0 Å². The lowest BCUT2D eigenvalue weighted by Gasteiger charge is -2.09. The average molecular weight is 296 g/mol. The van der Waals surface area contributed by atoms with Gasteiger partial charge in [0.1, 0.15) is 17.3 Å². The number of pyridine rings is 2. The summed E-state index contributed by atoms with van der Waals surface area (Å²) in [5.41, 5.74) is 5.16. The summed E-state index contributed by atoms with van der Waals surface area (Å²) in [6.07, 6.45) is -2.11. The number of fused-ring (bicyclic) bond motifs is 1. The van der Waals surface area contributed by atoms with Crippen LogP contribution in [0.15, 0.2) is 30.6 Å². The molecule has 0 aliphatic heterocycles. The summed E-state index contributed by atoms with van der Waals surface area (Å²) in [4.78, 5) is 10.4. The van der Waals surface area contributed by atoms with E-state index < -0.39 is 17.6 Å². The number of nitrogen functional groups attached to an aromatic ring is 1. The van der Waals surface area contributed by atoms with Gasteiger partial charge in [-0.3, -0.25) is 0 Å². The third kappa shape index (κ3) is 2.39. The maximum absolute atomic E-state index is 13.3. The van der Waals surface area contributed by atoms with Crippen molar-refractivity contribution in [1.82, 2.24) is 15.0 Å². The van der Waals surface area contributed by atoms with Crippen LogP contribution in [0.25, 0.3) is 22.3 Å². The van der Waals surface area contributed by atoms with E-state index in [1.54, 1.807) is 0 Å². The van der Waals surface area contributed by atoms with Gasteiger partial charge in [0, 0.05) is 17.1 Å². The van der Waals surface area contributed by atoms with E-state index in [4.69, 9.17) is 5.73 Å². The van der Waals surface area contributed by atoms with Gasteiger partial charge in [0.2, 0.25) is 0 Å². The summed E-state index contributed by atoms with van der Waals surface area (Å²) in [6, 6.07) is 2.79. The van der Waals surface area contributed by atoms with Crippen molar-refractivity contribution < 1.29 is 17.6 Å². The van der Waals surface area contributed by atoms with Crippen molar-refractivity contribution in [1.29, 1.82) is 0 Å². The van der Waals surface area contributed by atoms with Crippen molar-refractivity contribution in [2.45, 2.75) is 6.18 Å². The van der Waals surface area contributed by atoms with Gasteiger partial charge in [0.05, 0.1) is 17.5 Å². The molecule has 0 saturated heterocycles. The summed E-state index contributed by atoms with van der Waals surface area (Å²) < 4.78 is 51.7. The van der Waals surface area contributed by atoms with E-state index in [2.05, 4.69) is 15.0 Å². The Balaban J connectivity index is 2.23. The van der Waals surface area contributed by atoms with Crippen LogP contribution in [0.5, 0.6) is 0 Å². The highest BCUT2D eigenvalue weighted by Crippen LogP contribution is 2.34. The number of aromatic nitrogens is 3. The van der Waals surface area contributed by atoms with Crippen molar-refractivity contribution in [2.24, 2.45) is 0 Å². The van der Waals surface area contributed by atoms with E-state index in [1.807, 2.05) is 0 Å². The SMILES string of the molecule is Nc1cc(C(F)(F)F)cc(-c2c[nH]c3ncc(F)cc23)n1. The highest BCUT2D eigenvalue weighted by Gasteiger charge is 2.31. The summed E-state index contributed by atoms with van der Waals surface area (Å²) >= 11 is 0. The minimum atomic E-state index is -4.54.